The van der Waals surface area contributed by atoms with Crippen molar-refractivity contribution in [1.82, 2.24) is 19.7 Å². The molecule has 0 spiro atoms. The van der Waals surface area contributed by atoms with Gasteiger partial charge in [-0.1, -0.05) is 27.2 Å². The second-order valence-electron chi connectivity index (χ2n) is 8.21. The van der Waals surface area contributed by atoms with Crippen LogP contribution in [0.15, 0.2) is 0 Å². The number of ether oxygens (including phenoxy) is 1. The second kappa shape index (κ2) is 7.85. The van der Waals surface area contributed by atoms with Crippen molar-refractivity contribution in [3.63, 3.8) is 0 Å². The number of rotatable bonds is 6. The van der Waals surface area contributed by atoms with Gasteiger partial charge in [0.25, 0.3) is 0 Å². The zero-order chi connectivity index (χ0) is 18.0. The predicted molar refractivity (Wildman–Crippen MR) is 95.9 cm³/mol. The molecule has 3 rings (SSSR count). The third kappa shape index (κ3) is 4.22. The molecule has 6 heteroatoms. The maximum absolute atomic E-state index is 12.5. The van der Waals surface area contributed by atoms with Crippen LogP contribution in [-0.2, 0) is 29.0 Å². The van der Waals surface area contributed by atoms with E-state index < -0.39 is 0 Å². The molecule has 3 atom stereocenters. The number of carbonyl (C=O) groups excluding carboxylic acids is 1. The Morgan fingerprint density at radius 1 is 1.36 bits per heavy atom. The van der Waals surface area contributed by atoms with Gasteiger partial charge in [0.1, 0.15) is 12.4 Å². The summed E-state index contributed by atoms with van der Waals surface area (Å²) in [5, 5.41) is 8.44. The lowest BCUT2D eigenvalue weighted by atomic mass is 9.75. The van der Waals surface area contributed by atoms with Gasteiger partial charge >= 0.3 is 0 Å². The summed E-state index contributed by atoms with van der Waals surface area (Å²) in [6.07, 6.45) is 5.86. The first kappa shape index (κ1) is 18.4. The summed E-state index contributed by atoms with van der Waals surface area (Å²) < 4.78 is 8.23. The number of aromatic nitrogens is 3. The summed E-state index contributed by atoms with van der Waals surface area (Å²) in [6.45, 7) is 8.44. The summed E-state index contributed by atoms with van der Waals surface area (Å²) in [6, 6.07) is 0. The largest absolute Gasteiger partial charge is 0.368 e. The zero-order valence-electron chi connectivity index (χ0n) is 16.1. The van der Waals surface area contributed by atoms with Crippen LogP contribution in [0.1, 0.15) is 58.1 Å². The van der Waals surface area contributed by atoms with Crippen molar-refractivity contribution in [3.05, 3.63) is 11.6 Å². The number of aryl methyl sites for hydroxylation is 1. The molecule has 140 valence electrons. The van der Waals surface area contributed by atoms with E-state index in [2.05, 4.69) is 35.5 Å². The van der Waals surface area contributed by atoms with Gasteiger partial charge in [-0.15, -0.1) is 10.2 Å². The third-order valence-corrected chi connectivity index (χ3v) is 5.87. The van der Waals surface area contributed by atoms with Gasteiger partial charge in [0, 0.05) is 20.0 Å². The standard InChI is InChI=1S/C19H32N4O2/c1-13(2)15-8-7-14(3)10-16(15)25-12-19(24)22(4)11-18-21-20-17-6-5-9-23(17)18/h13-16H,5-12H2,1-4H3/t14-,15-,16-/m1/s1. The average Bonchev–Trinajstić information content (AvgIpc) is 3.17. The Morgan fingerprint density at radius 3 is 2.92 bits per heavy atom. The van der Waals surface area contributed by atoms with Crippen molar-refractivity contribution >= 4 is 5.91 Å². The molecular formula is C19H32N4O2. The van der Waals surface area contributed by atoms with Crippen LogP contribution in [0.4, 0.5) is 0 Å². The van der Waals surface area contributed by atoms with E-state index in [0.717, 1.165) is 37.5 Å². The van der Waals surface area contributed by atoms with Crippen LogP contribution in [0.5, 0.6) is 0 Å². The van der Waals surface area contributed by atoms with E-state index in [1.165, 1.54) is 12.8 Å². The van der Waals surface area contributed by atoms with Crippen molar-refractivity contribution in [3.8, 4) is 0 Å². The minimum absolute atomic E-state index is 0.0241. The first-order valence-corrected chi connectivity index (χ1v) is 9.72. The van der Waals surface area contributed by atoms with Gasteiger partial charge in [0.05, 0.1) is 12.6 Å². The van der Waals surface area contributed by atoms with E-state index >= 15 is 0 Å². The minimum atomic E-state index is 0.0241. The molecule has 1 aromatic rings. The lowest BCUT2D eigenvalue weighted by molar-refractivity contribution is -0.141. The number of likely N-dealkylation sites (N-methyl/N-ethyl adjacent to an activating group) is 1. The molecule has 0 saturated heterocycles. The molecule has 0 N–H and O–H groups in total. The number of amides is 1. The molecule has 1 aliphatic heterocycles. The van der Waals surface area contributed by atoms with Gasteiger partial charge in [-0.25, -0.2) is 0 Å². The number of nitrogens with zero attached hydrogens (tertiary/aromatic N) is 4. The van der Waals surface area contributed by atoms with E-state index in [0.29, 0.717) is 24.3 Å². The monoisotopic (exact) mass is 348 g/mol. The molecular weight excluding hydrogens is 316 g/mol. The highest BCUT2D eigenvalue weighted by molar-refractivity contribution is 5.77. The normalized spacial score (nSPS) is 26.0. The summed E-state index contributed by atoms with van der Waals surface area (Å²) in [4.78, 5) is 14.2. The third-order valence-electron chi connectivity index (χ3n) is 5.87. The summed E-state index contributed by atoms with van der Waals surface area (Å²) in [5.41, 5.74) is 0. The Bertz CT molecular complexity index is 598. The first-order valence-electron chi connectivity index (χ1n) is 9.72. The SMILES string of the molecule is CC(C)[C@H]1CC[C@@H](C)C[C@H]1OCC(=O)N(C)Cc1nnc2n1CCC2. The van der Waals surface area contributed by atoms with Gasteiger partial charge in [-0.3, -0.25) is 4.79 Å². The maximum Gasteiger partial charge on any atom is 0.248 e. The van der Waals surface area contributed by atoms with Crippen molar-refractivity contribution < 1.29 is 9.53 Å². The van der Waals surface area contributed by atoms with Crippen molar-refractivity contribution in [1.29, 1.82) is 0 Å². The molecule has 1 aliphatic carbocycles. The Balaban J connectivity index is 1.52. The molecule has 1 saturated carbocycles. The van der Waals surface area contributed by atoms with Crippen LogP contribution in [0, 0.1) is 17.8 Å². The Labute approximate surface area is 150 Å². The molecule has 0 bridgehead atoms. The molecule has 0 unspecified atom stereocenters. The fraction of sp³-hybridized carbons (Fsp3) is 0.842. The molecule has 1 aromatic heterocycles. The Morgan fingerprint density at radius 2 is 2.16 bits per heavy atom. The number of hydrogen-bond acceptors (Lipinski definition) is 4. The number of hydrogen-bond donors (Lipinski definition) is 0. The molecule has 1 fully saturated rings. The van der Waals surface area contributed by atoms with E-state index in [1.807, 2.05) is 7.05 Å². The average molecular weight is 348 g/mol. The molecule has 2 heterocycles. The first-order chi connectivity index (χ1) is 12.0. The van der Waals surface area contributed by atoms with Crippen LogP contribution >= 0.6 is 0 Å². The number of fused-ring (bicyclic) bond motifs is 1. The smallest absolute Gasteiger partial charge is 0.248 e. The lowest BCUT2D eigenvalue weighted by Crippen LogP contribution is -2.38. The predicted octanol–water partition coefficient (Wildman–Crippen LogP) is 2.66. The van der Waals surface area contributed by atoms with Gasteiger partial charge < -0.3 is 14.2 Å². The van der Waals surface area contributed by atoms with Crippen LogP contribution in [0.3, 0.4) is 0 Å². The van der Waals surface area contributed by atoms with E-state index in [1.54, 1.807) is 4.90 Å². The van der Waals surface area contributed by atoms with E-state index in [4.69, 9.17) is 4.74 Å². The van der Waals surface area contributed by atoms with Gasteiger partial charge in [0.15, 0.2) is 5.82 Å². The van der Waals surface area contributed by atoms with Crippen LogP contribution in [0.25, 0.3) is 0 Å². The zero-order valence-corrected chi connectivity index (χ0v) is 16.1. The highest BCUT2D eigenvalue weighted by Crippen LogP contribution is 2.35. The highest BCUT2D eigenvalue weighted by atomic mass is 16.5. The summed E-state index contributed by atoms with van der Waals surface area (Å²) in [5.74, 6) is 3.80. The highest BCUT2D eigenvalue weighted by Gasteiger charge is 2.32. The molecule has 2 aliphatic rings. The van der Waals surface area contributed by atoms with Gasteiger partial charge in [0.2, 0.25) is 5.91 Å². The van der Waals surface area contributed by atoms with Crippen LogP contribution in [0.2, 0.25) is 0 Å². The van der Waals surface area contributed by atoms with E-state index in [9.17, 15) is 4.79 Å². The molecule has 0 radical (unpaired) electrons. The fourth-order valence-corrected chi connectivity index (χ4v) is 4.22. The summed E-state index contributed by atoms with van der Waals surface area (Å²) in [7, 11) is 1.83. The number of carbonyl (C=O) groups is 1. The van der Waals surface area contributed by atoms with E-state index in [-0.39, 0.29) is 18.6 Å². The van der Waals surface area contributed by atoms with Crippen molar-refractivity contribution in [2.45, 2.75) is 72.1 Å². The fourth-order valence-electron chi connectivity index (χ4n) is 4.22. The minimum Gasteiger partial charge on any atom is -0.368 e. The Kier molecular flexibility index (Phi) is 5.77. The quantitative estimate of drug-likeness (QED) is 0.793. The molecule has 6 nitrogen and oxygen atoms in total. The second-order valence-corrected chi connectivity index (χ2v) is 8.21. The van der Waals surface area contributed by atoms with Crippen molar-refractivity contribution in [2.75, 3.05) is 13.7 Å². The van der Waals surface area contributed by atoms with Crippen LogP contribution < -0.4 is 0 Å². The van der Waals surface area contributed by atoms with Crippen LogP contribution in [-0.4, -0.2) is 45.3 Å². The van der Waals surface area contributed by atoms with Gasteiger partial charge in [-0.2, -0.15) is 0 Å². The lowest BCUT2D eigenvalue weighted by Gasteiger charge is -2.37. The van der Waals surface area contributed by atoms with Crippen molar-refractivity contribution in [2.24, 2.45) is 17.8 Å². The summed E-state index contributed by atoms with van der Waals surface area (Å²) >= 11 is 0. The molecule has 1 amide bonds. The van der Waals surface area contributed by atoms with Gasteiger partial charge in [-0.05, 0) is 37.0 Å². The topological polar surface area (TPSA) is 60.2 Å². The Hall–Kier alpha value is -1.43. The molecule has 25 heavy (non-hydrogen) atoms. The maximum atomic E-state index is 12.5. The molecule has 0 aromatic carbocycles.